The SMILES string of the molecule is CCCCC[C@@H](C(=O)NCNC(=O)c1ccc(-c2cc(CCNCC(=O)O)cc(OCC)c2)o1)[C@@H](CC)N(O)C=O. The van der Waals surface area contributed by atoms with Crippen molar-refractivity contribution in [2.45, 2.75) is 65.3 Å². The van der Waals surface area contributed by atoms with Gasteiger partial charge in [0.15, 0.2) is 5.76 Å². The number of nitrogens with zero attached hydrogens (tertiary/aromatic N) is 1. The van der Waals surface area contributed by atoms with Crippen molar-refractivity contribution < 1.29 is 38.6 Å². The Bertz CT molecular complexity index is 1140. The predicted octanol–water partition coefficient (Wildman–Crippen LogP) is 3.19. The van der Waals surface area contributed by atoms with E-state index >= 15 is 0 Å². The molecule has 0 saturated carbocycles. The van der Waals surface area contributed by atoms with Gasteiger partial charge in [-0.3, -0.25) is 24.4 Å². The Morgan fingerprint density at radius 2 is 1.88 bits per heavy atom. The molecule has 0 unspecified atom stereocenters. The molecule has 3 amide bonds. The van der Waals surface area contributed by atoms with E-state index in [0.717, 1.165) is 24.8 Å². The summed E-state index contributed by atoms with van der Waals surface area (Å²) in [6, 6.07) is 8.08. The summed E-state index contributed by atoms with van der Waals surface area (Å²) >= 11 is 0. The Kier molecular flexibility index (Phi) is 14.4. The zero-order chi connectivity index (χ0) is 30.2. The van der Waals surface area contributed by atoms with Gasteiger partial charge in [0, 0.05) is 5.56 Å². The highest BCUT2D eigenvalue weighted by Gasteiger charge is 2.30. The van der Waals surface area contributed by atoms with Gasteiger partial charge in [-0.2, -0.15) is 0 Å². The van der Waals surface area contributed by atoms with Gasteiger partial charge in [-0.25, -0.2) is 5.06 Å². The maximum Gasteiger partial charge on any atom is 0.317 e. The fourth-order valence-corrected chi connectivity index (χ4v) is 4.52. The van der Waals surface area contributed by atoms with Gasteiger partial charge in [0.05, 0.1) is 31.8 Å². The van der Waals surface area contributed by atoms with E-state index in [1.165, 1.54) is 6.07 Å². The maximum atomic E-state index is 12.9. The highest BCUT2D eigenvalue weighted by Crippen LogP contribution is 2.28. The number of benzene rings is 1. The van der Waals surface area contributed by atoms with Crippen LogP contribution in [0.1, 0.15) is 69.0 Å². The van der Waals surface area contributed by atoms with Crippen molar-refractivity contribution in [2.24, 2.45) is 5.92 Å². The normalized spacial score (nSPS) is 12.3. The fraction of sp³-hybridized carbons (Fsp3) is 0.517. The maximum absolute atomic E-state index is 12.9. The summed E-state index contributed by atoms with van der Waals surface area (Å²) < 4.78 is 11.5. The van der Waals surface area contributed by atoms with Crippen molar-refractivity contribution >= 4 is 24.2 Å². The molecule has 0 bridgehead atoms. The number of rotatable bonds is 20. The zero-order valence-electron chi connectivity index (χ0n) is 24.0. The van der Waals surface area contributed by atoms with E-state index < -0.39 is 23.8 Å². The van der Waals surface area contributed by atoms with Crippen molar-refractivity contribution in [3.8, 4) is 17.1 Å². The average Bonchev–Trinajstić information content (AvgIpc) is 3.45. The lowest BCUT2D eigenvalue weighted by Gasteiger charge is -2.29. The highest BCUT2D eigenvalue weighted by molar-refractivity contribution is 5.92. The Hall–Kier alpha value is -3.90. The van der Waals surface area contributed by atoms with Gasteiger partial charge in [0.1, 0.15) is 11.5 Å². The number of carboxylic acids is 1. The van der Waals surface area contributed by atoms with Crippen LogP contribution in [-0.4, -0.2) is 72.0 Å². The minimum atomic E-state index is -0.929. The van der Waals surface area contributed by atoms with E-state index in [-0.39, 0.29) is 24.9 Å². The molecule has 0 aliphatic carbocycles. The van der Waals surface area contributed by atoms with Crippen LogP contribution in [0.2, 0.25) is 0 Å². The van der Waals surface area contributed by atoms with E-state index in [0.29, 0.717) is 61.0 Å². The van der Waals surface area contributed by atoms with Gasteiger partial charge in [0.25, 0.3) is 5.91 Å². The van der Waals surface area contributed by atoms with Crippen LogP contribution < -0.4 is 20.7 Å². The van der Waals surface area contributed by atoms with Crippen molar-refractivity contribution in [3.63, 3.8) is 0 Å². The molecule has 0 aliphatic rings. The topological polar surface area (TPSA) is 170 Å². The molecular weight excluding hydrogens is 532 g/mol. The molecular formula is C29H42N4O8. The molecule has 2 atom stereocenters. The molecule has 226 valence electrons. The van der Waals surface area contributed by atoms with E-state index in [2.05, 4.69) is 16.0 Å². The lowest BCUT2D eigenvalue weighted by atomic mass is 9.90. The summed E-state index contributed by atoms with van der Waals surface area (Å²) in [4.78, 5) is 47.5. The number of aliphatic carboxylic acids is 1. The molecule has 2 rings (SSSR count). The highest BCUT2D eigenvalue weighted by atomic mass is 16.5. The van der Waals surface area contributed by atoms with Gasteiger partial charge in [-0.1, -0.05) is 33.1 Å². The monoisotopic (exact) mass is 574 g/mol. The molecule has 2 aromatic rings. The molecule has 1 aromatic carbocycles. The summed E-state index contributed by atoms with van der Waals surface area (Å²) in [5, 5.41) is 27.4. The summed E-state index contributed by atoms with van der Waals surface area (Å²) in [7, 11) is 0. The van der Waals surface area contributed by atoms with Crippen LogP contribution in [0.4, 0.5) is 0 Å². The van der Waals surface area contributed by atoms with Gasteiger partial charge in [-0.15, -0.1) is 0 Å². The third-order valence-corrected chi connectivity index (χ3v) is 6.56. The number of ether oxygens (including phenoxy) is 1. The van der Waals surface area contributed by atoms with Gasteiger partial charge >= 0.3 is 5.97 Å². The second-order valence-electron chi connectivity index (χ2n) is 9.57. The molecule has 12 heteroatoms. The molecule has 41 heavy (non-hydrogen) atoms. The van der Waals surface area contributed by atoms with Crippen LogP contribution in [0.3, 0.4) is 0 Å². The lowest BCUT2D eigenvalue weighted by molar-refractivity contribution is -0.168. The van der Waals surface area contributed by atoms with Crippen LogP contribution in [-0.2, 0) is 20.8 Å². The number of carbonyl (C=O) groups is 4. The Balaban J connectivity index is 2.04. The Morgan fingerprint density at radius 1 is 1.10 bits per heavy atom. The van der Waals surface area contributed by atoms with E-state index in [9.17, 15) is 24.4 Å². The van der Waals surface area contributed by atoms with Crippen molar-refractivity contribution in [3.05, 3.63) is 41.7 Å². The predicted molar refractivity (Wildman–Crippen MR) is 151 cm³/mol. The quantitative estimate of drug-likeness (QED) is 0.0524. The molecule has 12 nitrogen and oxygen atoms in total. The van der Waals surface area contributed by atoms with Crippen LogP contribution in [0.5, 0.6) is 5.75 Å². The van der Waals surface area contributed by atoms with Crippen molar-refractivity contribution in [1.82, 2.24) is 21.0 Å². The Labute approximate surface area is 240 Å². The smallest absolute Gasteiger partial charge is 0.317 e. The standard InChI is InChI=1S/C29H42N4O8/c1-4-7-8-9-23(24(5-2)33(39)19-34)28(37)31-18-32-29(38)26-11-10-25(41-26)21-14-20(12-13-30-17-27(35)36)15-22(16-21)40-6-3/h10-11,14-16,19,23-24,30,39H,4-9,12-13,17-18H2,1-3H3,(H,31,37)(H,32,38)(H,35,36)/t23-,24-/m1/s1. The number of carboxylic acid groups (broad SMARTS) is 1. The van der Waals surface area contributed by atoms with Crippen molar-refractivity contribution in [1.29, 1.82) is 0 Å². The third kappa shape index (κ3) is 10.9. The summed E-state index contributed by atoms with van der Waals surface area (Å²) in [5.41, 5.74) is 1.60. The van der Waals surface area contributed by atoms with Crippen LogP contribution in [0.25, 0.3) is 11.3 Å². The van der Waals surface area contributed by atoms with Crippen LogP contribution >= 0.6 is 0 Å². The molecule has 0 spiro atoms. The largest absolute Gasteiger partial charge is 0.494 e. The number of unbranched alkanes of at least 4 members (excludes halogenated alkanes) is 2. The van der Waals surface area contributed by atoms with Crippen LogP contribution in [0, 0.1) is 5.92 Å². The van der Waals surface area contributed by atoms with Gasteiger partial charge in [-0.05, 0) is 68.6 Å². The number of carbonyl (C=O) groups excluding carboxylic acids is 3. The summed E-state index contributed by atoms with van der Waals surface area (Å²) in [6.45, 7) is 6.33. The number of hydroxylamine groups is 2. The van der Waals surface area contributed by atoms with Gasteiger partial charge in [0.2, 0.25) is 12.3 Å². The second kappa shape index (κ2) is 17.7. The Morgan fingerprint density at radius 3 is 2.54 bits per heavy atom. The minimum absolute atomic E-state index is 0.0501. The number of furan rings is 1. The van der Waals surface area contributed by atoms with E-state index in [4.69, 9.17) is 14.3 Å². The third-order valence-electron chi connectivity index (χ3n) is 6.56. The molecule has 0 saturated heterocycles. The molecule has 0 fully saturated rings. The molecule has 0 aliphatic heterocycles. The summed E-state index contributed by atoms with van der Waals surface area (Å²) in [5.74, 6) is -1.33. The first-order chi connectivity index (χ1) is 19.7. The first-order valence-corrected chi connectivity index (χ1v) is 14.0. The fourth-order valence-electron chi connectivity index (χ4n) is 4.52. The van der Waals surface area contributed by atoms with Crippen LogP contribution in [0.15, 0.2) is 34.7 Å². The minimum Gasteiger partial charge on any atom is -0.494 e. The molecule has 1 heterocycles. The molecule has 1 aromatic heterocycles. The number of hydrogen-bond donors (Lipinski definition) is 5. The first-order valence-electron chi connectivity index (χ1n) is 14.0. The zero-order valence-corrected chi connectivity index (χ0v) is 24.0. The number of nitrogens with one attached hydrogen (secondary N) is 3. The number of amides is 3. The first kappa shape index (κ1) is 33.3. The van der Waals surface area contributed by atoms with E-state index in [1.807, 2.05) is 26.0 Å². The second-order valence-corrected chi connectivity index (χ2v) is 9.57. The van der Waals surface area contributed by atoms with E-state index in [1.54, 1.807) is 19.1 Å². The average molecular weight is 575 g/mol. The lowest BCUT2D eigenvalue weighted by Crippen LogP contribution is -2.47. The molecule has 0 radical (unpaired) electrons. The van der Waals surface area contributed by atoms with Crippen molar-refractivity contribution in [2.75, 3.05) is 26.4 Å². The summed E-state index contributed by atoms with van der Waals surface area (Å²) in [6.07, 6.45) is 4.40. The number of hydrogen-bond acceptors (Lipinski definition) is 8. The van der Waals surface area contributed by atoms with Gasteiger partial charge < -0.3 is 30.2 Å². The molecule has 5 N–H and O–H groups in total.